The highest BCUT2D eigenvalue weighted by Crippen LogP contribution is 2.30. The van der Waals surface area contributed by atoms with Gasteiger partial charge in [-0.15, -0.1) is 0 Å². The van der Waals surface area contributed by atoms with Crippen LogP contribution in [0.25, 0.3) is 12.2 Å². The number of benzene rings is 2. The third-order valence-electron chi connectivity index (χ3n) is 5.25. The third-order valence-corrected chi connectivity index (χ3v) is 5.25. The highest BCUT2D eigenvalue weighted by atomic mass is 16.5. The Balaban J connectivity index is 1.71. The van der Waals surface area contributed by atoms with Gasteiger partial charge in [-0.25, -0.2) is 0 Å². The lowest BCUT2D eigenvalue weighted by Gasteiger charge is -2.26. The van der Waals surface area contributed by atoms with Crippen LogP contribution in [-0.2, 0) is 11.3 Å². The molecule has 3 rings (SSSR count). The van der Waals surface area contributed by atoms with Crippen LogP contribution in [0.4, 0.5) is 0 Å². The topological polar surface area (TPSA) is 52.2 Å². The molecule has 0 atom stereocenters. The highest BCUT2D eigenvalue weighted by Gasteiger charge is 2.12. The van der Waals surface area contributed by atoms with Crippen LogP contribution in [0.15, 0.2) is 36.4 Å². The fourth-order valence-electron chi connectivity index (χ4n) is 3.45. The van der Waals surface area contributed by atoms with Gasteiger partial charge in [0, 0.05) is 44.4 Å². The first-order valence-electron chi connectivity index (χ1n) is 10.3. The van der Waals surface area contributed by atoms with Crippen LogP contribution >= 0.6 is 0 Å². The molecule has 1 aliphatic rings. The summed E-state index contributed by atoms with van der Waals surface area (Å²) in [5, 5.41) is 3.56. The zero-order chi connectivity index (χ0) is 21.2. The Morgan fingerprint density at radius 1 is 0.933 bits per heavy atom. The average Bonchev–Trinajstić information content (AvgIpc) is 2.81. The summed E-state index contributed by atoms with van der Waals surface area (Å²) in [6.07, 6.45) is 4.19. The van der Waals surface area contributed by atoms with E-state index in [9.17, 15) is 0 Å². The maximum atomic E-state index is 5.66. The number of morpholine rings is 1. The molecule has 1 heterocycles. The smallest absolute Gasteiger partial charge is 0.127 e. The zero-order valence-electron chi connectivity index (χ0n) is 18.1. The predicted molar refractivity (Wildman–Crippen MR) is 120 cm³/mol. The van der Waals surface area contributed by atoms with E-state index in [4.69, 9.17) is 18.9 Å². The van der Waals surface area contributed by atoms with Gasteiger partial charge in [-0.3, -0.25) is 4.90 Å². The number of methoxy groups -OCH3 is 3. The van der Waals surface area contributed by atoms with Gasteiger partial charge in [0.15, 0.2) is 0 Å². The van der Waals surface area contributed by atoms with Crippen molar-refractivity contribution in [2.75, 3.05) is 60.7 Å². The maximum absolute atomic E-state index is 5.66. The molecule has 0 unspecified atom stereocenters. The molecule has 2 aromatic carbocycles. The summed E-state index contributed by atoms with van der Waals surface area (Å²) in [5.74, 6) is 2.45. The molecule has 0 bridgehead atoms. The normalized spacial score (nSPS) is 14.8. The van der Waals surface area contributed by atoms with Crippen molar-refractivity contribution in [3.05, 3.63) is 53.1 Å². The SMILES string of the molecule is COc1ccc(/C=C/c2cc(OC)cc(OC)c2CNCCN2CCOCC2)cc1. The van der Waals surface area contributed by atoms with Crippen LogP contribution in [0.3, 0.4) is 0 Å². The second-order valence-electron chi connectivity index (χ2n) is 7.13. The molecule has 6 nitrogen and oxygen atoms in total. The molecule has 0 aliphatic carbocycles. The van der Waals surface area contributed by atoms with Gasteiger partial charge in [0.1, 0.15) is 17.2 Å². The zero-order valence-corrected chi connectivity index (χ0v) is 18.1. The highest BCUT2D eigenvalue weighted by molar-refractivity contribution is 5.73. The first-order valence-corrected chi connectivity index (χ1v) is 10.3. The van der Waals surface area contributed by atoms with E-state index < -0.39 is 0 Å². The van der Waals surface area contributed by atoms with Crippen molar-refractivity contribution in [2.24, 2.45) is 0 Å². The molecule has 1 saturated heterocycles. The molecular weight excluding hydrogens is 380 g/mol. The van der Waals surface area contributed by atoms with E-state index in [0.29, 0.717) is 0 Å². The predicted octanol–water partition coefficient (Wildman–Crippen LogP) is 3.30. The van der Waals surface area contributed by atoms with Crippen molar-refractivity contribution < 1.29 is 18.9 Å². The molecule has 0 amide bonds. The van der Waals surface area contributed by atoms with Crippen molar-refractivity contribution >= 4 is 12.2 Å². The van der Waals surface area contributed by atoms with E-state index >= 15 is 0 Å². The molecule has 0 saturated carbocycles. The van der Waals surface area contributed by atoms with Crippen LogP contribution in [0, 0.1) is 0 Å². The minimum Gasteiger partial charge on any atom is -0.497 e. The summed E-state index contributed by atoms with van der Waals surface area (Å²) in [4.78, 5) is 2.42. The van der Waals surface area contributed by atoms with Gasteiger partial charge in [0.05, 0.1) is 34.5 Å². The summed E-state index contributed by atoms with van der Waals surface area (Å²) >= 11 is 0. The Kier molecular flexibility index (Phi) is 8.56. The first-order chi connectivity index (χ1) is 14.7. The van der Waals surface area contributed by atoms with Gasteiger partial charge < -0.3 is 24.3 Å². The Morgan fingerprint density at radius 3 is 2.33 bits per heavy atom. The van der Waals surface area contributed by atoms with E-state index in [1.165, 1.54) is 0 Å². The van der Waals surface area contributed by atoms with Gasteiger partial charge in [0.2, 0.25) is 0 Å². The molecule has 0 aromatic heterocycles. The lowest BCUT2D eigenvalue weighted by molar-refractivity contribution is 0.0384. The van der Waals surface area contributed by atoms with Gasteiger partial charge in [-0.2, -0.15) is 0 Å². The van der Waals surface area contributed by atoms with Crippen LogP contribution in [0.2, 0.25) is 0 Å². The molecular formula is C24H32N2O4. The van der Waals surface area contributed by atoms with Crippen LogP contribution < -0.4 is 19.5 Å². The molecule has 0 spiro atoms. The van der Waals surface area contributed by atoms with Crippen LogP contribution in [-0.4, -0.2) is 65.6 Å². The van der Waals surface area contributed by atoms with Gasteiger partial charge in [-0.05, 0) is 29.3 Å². The van der Waals surface area contributed by atoms with Crippen molar-refractivity contribution in [2.45, 2.75) is 6.54 Å². The van der Waals surface area contributed by atoms with E-state index in [1.807, 2.05) is 36.4 Å². The summed E-state index contributed by atoms with van der Waals surface area (Å²) in [7, 11) is 5.04. The van der Waals surface area contributed by atoms with Crippen molar-refractivity contribution in [3.8, 4) is 17.2 Å². The summed E-state index contributed by atoms with van der Waals surface area (Å²) in [6, 6.07) is 12.0. The van der Waals surface area contributed by atoms with E-state index in [-0.39, 0.29) is 0 Å². The Bertz CT molecular complexity index is 815. The maximum Gasteiger partial charge on any atom is 0.127 e. The summed E-state index contributed by atoms with van der Waals surface area (Å²) in [6.45, 7) is 6.31. The van der Waals surface area contributed by atoms with Gasteiger partial charge in [-0.1, -0.05) is 24.3 Å². The molecule has 1 aliphatic heterocycles. The molecule has 6 heteroatoms. The van der Waals surface area contributed by atoms with Gasteiger partial charge >= 0.3 is 0 Å². The van der Waals surface area contributed by atoms with Crippen LogP contribution in [0.5, 0.6) is 17.2 Å². The number of nitrogens with one attached hydrogen (secondary N) is 1. The third kappa shape index (κ3) is 6.23. The fraction of sp³-hybridized carbons (Fsp3) is 0.417. The lowest BCUT2D eigenvalue weighted by atomic mass is 10.0. The van der Waals surface area contributed by atoms with Crippen molar-refractivity contribution in [1.29, 1.82) is 0 Å². The minimum atomic E-state index is 0.722. The molecule has 162 valence electrons. The molecule has 1 N–H and O–H groups in total. The Morgan fingerprint density at radius 2 is 1.67 bits per heavy atom. The second kappa shape index (κ2) is 11.6. The van der Waals surface area contributed by atoms with Crippen molar-refractivity contribution in [1.82, 2.24) is 10.2 Å². The molecule has 0 radical (unpaired) electrons. The molecule has 1 fully saturated rings. The molecule has 2 aromatic rings. The Labute approximate surface area is 179 Å². The fourth-order valence-corrected chi connectivity index (χ4v) is 3.45. The number of hydrogen-bond acceptors (Lipinski definition) is 6. The number of hydrogen-bond donors (Lipinski definition) is 1. The standard InChI is InChI=1S/C24H32N2O4/c1-27-21-8-5-19(6-9-21)4-7-20-16-22(28-2)17-24(29-3)23(20)18-25-10-11-26-12-14-30-15-13-26/h4-9,16-17,25H,10-15,18H2,1-3H3/b7-4+. The largest absolute Gasteiger partial charge is 0.497 e. The van der Waals surface area contributed by atoms with E-state index in [2.05, 4.69) is 22.4 Å². The minimum absolute atomic E-state index is 0.722. The van der Waals surface area contributed by atoms with Gasteiger partial charge in [0.25, 0.3) is 0 Å². The monoisotopic (exact) mass is 412 g/mol. The quantitative estimate of drug-likeness (QED) is 0.477. The summed E-state index contributed by atoms with van der Waals surface area (Å²) in [5.41, 5.74) is 3.29. The Hall–Kier alpha value is -2.54. The van der Waals surface area contributed by atoms with E-state index in [0.717, 1.165) is 79.9 Å². The van der Waals surface area contributed by atoms with E-state index in [1.54, 1.807) is 21.3 Å². The lowest BCUT2D eigenvalue weighted by Crippen LogP contribution is -2.40. The number of ether oxygens (including phenoxy) is 4. The number of nitrogens with zero attached hydrogens (tertiary/aromatic N) is 1. The van der Waals surface area contributed by atoms with Crippen molar-refractivity contribution in [3.63, 3.8) is 0 Å². The average molecular weight is 413 g/mol. The first kappa shape index (κ1) is 22.2. The summed E-state index contributed by atoms with van der Waals surface area (Å²) < 4.78 is 21.8. The second-order valence-corrected chi connectivity index (χ2v) is 7.13. The molecule has 30 heavy (non-hydrogen) atoms. The van der Waals surface area contributed by atoms with Crippen LogP contribution in [0.1, 0.15) is 16.7 Å². The number of rotatable bonds is 10.